The highest BCUT2D eigenvalue weighted by Gasteiger charge is 2.45. The normalized spacial score (nSPS) is 18.6. The molecule has 0 aliphatic carbocycles. The Hall–Kier alpha value is -2.25. The Morgan fingerprint density at radius 1 is 1.21 bits per heavy atom. The van der Waals surface area contributed by atoms with Gasteiger partial charge in [-0.2, -0.15) is 0 Å². The highest BCUT2D eigenvalue weighted by molar-refractivity contribution is 6.31. The Kier molecular flexibility index (Phi) is 4.29. The predicted octanol–water partition coefficient (Wildman–Crippen LogP) is 3.45. The summed E-state index contributed by atoms with van der Waals surface area (Å²) in [6.07, 6.45) is 4.71. The minimum atomic E-state index is -0.169. The Balaban J connectivity index is 1.59. The Bertz CT molecular complexity index is 1070. The van der Waals surface area contributed by atoms with E-state index < -0.39 is 0 Å². The predicted molar refractivity (Wildman–Crippen MR) is 112 cm³/mol. The molecular formula is C21H25ClN6O. The fraction of sp³-hybridized carbons (Fsp3) is 0.524. The molecule has 0 atom stereocenters. The smallest absolute Gasteiger partial charge is 0.166 e. The zero-order valence-corrected chi connectivity index (χ0v) is 17.8. The molecule has 0 amide bonds. The average molecular weight is 413 g/mol. The molecule has 0 radical (unpaired) electrons. The first-order chi connectivity index (χ1) is 13.8. The van der Waals surface area contributed by atoms with Crippen LogP contribution in [0.1, 0.15) is 38.7 Å². The van der Waals surface area contributed by atoms with Crippen molar-refractivity contribution in [3.05, 3.63) is 41.2 Å². The van der Waals surface area contributed by atoms with E-state index in [4.69, 9.17) is 31.3 Å². The first-order valence-electron chi connectivity index (χ1n) is 10.0. The molecule has 5 heterocycles. The number of ether oxygens (including phenoxy) is 1. The van der Waals surface area contributed by atoms with Gasteiger partial charge in [-0.05, 0) is 18.6 Å². The number of pyridine rings is 1. The number of aromatic nitrogens is 5. The van der Waals surface area contributed by atoms with Gasteiger partial charge in [0.25, 0.3) is 0 Å². The fourth-order valence-corrected chi connectivity index (χ4v) is 4.22. The van der Waals surface area contributed by atoms with E-state index in [1.54, 1.807) is 6.20 Å². The number of imidazole rings is 1. The van der Waals surface area contributed by atoms with Gasteiger partial charge in [0.05, 0.1) is 36.8 Å². The van der Waals surface area contributed by atoms with Gasteiger partial charge in [-0.1, -0.05) is 32.4 Å². The summed E-state index contributed by atoms with van der Waals surface area (Å²) >= 11 is 6.34. The first-order valence-corrected chi connectivity index (χ1v) is 10.4. The second kappa shape index (κ2) is 6.64. The fourth-order valence-electron chi connectivity index (χ4n) is 4.04. The van der Waals surface area contributed by atoms with Crippen LogP contribution in [0.15, 0.2) is 24.7 Å². The van der Waals surface area contributed by atoms with Crippen LogP contribution in [0.3, 0.4) is 0 Å². The summed E-state index contributed by atoms with van der Waals surface area (Å²) in [5, 5.41) is 0.645. The van der Waals surface area contributed by atoms with Crippen molar-refractivity contribution in [3.63, 3.8) is 0 Å². The minimum Gasteiger partial charge on any atom is -0.380 e. The highest BCUT2D eigenvalue weighted by Crippen LogP contribution is 2.40. The van der Waals surface area contributed by atoms with Crippen LogP contribution in [0, 0.1) is 5.41 Å². The number of hydrogen-bond acceptors (Lipinski definition) is 6. The van der Waals surface area contributed by atoms with Crippen molar-refractivity contribution in [2.75, 3.05) is 31.2 Å². The third-order valence-corrected chi connectivity index (χ3v) is 6.17. The molecule has 2 fully saturated rings. The van der Waals surface area contributed by atoms with Crippen molar-refractivity contribution < 1.29 is 4.74 Å². The summed E-state index contributed by atoms with van der Waals surface area (Å²) in [6, 6.07) is 3.69. The van der Waals surface area contributed by atoms with Crippen molar-refractivity contribution in [1.82, 2.24) is 24.5 Å². The quantitative estimate of drug-likeness (QED) is 0.656. The molecule has 3 aromatic rings. The summed E-state index contributed by atoms with van der Waals surface area (Å²) in [4.78, 5) is 21.3. The lowest BCUT2D eigenvalue weighted by Crippen LogP contribution is -2.44. The maximum absolute atomic E-state index is 6.34. The van der Waals surface area contributed by atoms with Gasteiger partial charge in [0.2, 0.25) is 0 Å². The Morgan fingerprint density at radius 2 is 2.03 bits per heavy atom. The van der Waals surface area contributed by atoms with E-state index in [1.165, 1.54) is 0 Å². The molecule has 8 heteroatoms. The van der Waals surface area contributed by atoms with E-state index in [0.29, 0.717) is 11.6 Å². The summed E-state index contributed by atoms with van der Waals surface area (Å²) in [6.45, 7) is 10.6. The van der Waals surface area contributed by atoms with Crippen LogP contribution in [-0.2, 0) is 16.7 Å². The van der Waals surface area contributed by atoms with Crippen molar-refractivity contribution in [2.24, 2.45) is 5.41 Å². The number of anilines is 1. The number of fused-ring (bicyclic) bond motifs is 1. The van der Waals surface area contributed by atoms with Gasteiger partial charge in [-0.15, -0.1) is 0 Å². The SMILES string of the molecule is CC(C)(C)c1nc(N2CCC3(COC3)C2)c2ncn(Cc3ncccc3Cl)c2n1. The molecule has 5 rings (SSSR count). The summed E-state index contributed by atoms with van der Waals surface area (Å²) in [7, 11) is 0. The number of rotatable bonds is 3. The second-order valence-corrected chi connectivity index (χ2v) is 9.67. The lowest BCUT2D eigenvalue weighted by atomic mass is 9.85. The molecule has 0 bridgehead atoms. The molecule has 7 nitrogen and oxygen atoms in total. The van der Waals surface area contributed by atoms with Gasteiger partial charge >= 0.3 is 0 Å². The maximum Gasteiger partial charge on any atom is 0.166 e. The Morgan fingerprint density at radius 3 is 2.69 bits per heavy atom. The van der Waals surface area contributed by atoms with Crippen LogP contribution < -0.4 is 4.90 Å². The van der Waals surface area contributed by atoms with Crippen LogP contribution in [0.2, 0.25) is 5.02 Å². The molecule has 1 spiro atoms. The second-order valence-electron chi connectivity index (χ2n) is 9.26. The highest BCUT2D eigenvalue weighted by atomic mass is 35.5. The molecule has 2 aliphatic heterocycles. The molecule has 0 N–H and O–H groups in total. The van der Waals surface area contributed by atoms with Crippen molar-refractivity contribution in [1.29, 1.82) is 0 Å². The van der Waals surface area contributed by atoms with Crippen LogP contribution in [0.5, 0.6) is 0 Å². The molecule has 152 valence electrons. The maximum atomic E-state index is 6.34. The van der Waals surface area contributed by atoms with Crippen LogP contribution >= 0.6 is 11.6 Å². The van der Waals surface area contributed by atoms with Gasteiger partial charge in [0.1, 0.15) is 5.82 Å². The monoisotopic (exact) mass is 412 g/mol. The van der Waals surface area contributed by atoms with E-state index in [0.717, 1.165) is 61.2 Å². The third kappa shape index (κ3) is 3.26. The number of hydrogen-bond donors (Lipinski definition) is 0. The van der Waals surface area contributed by atoms with Crippen LogP contribution in [0.4, 0.5) is 5.82 Å². The van der Waals surface area contributed by atoms with Gasteiger partial charge in [-0.3, -0.25) is 4.98 Å². The van der Waals surface area contributed by atoms with Crippen molar-refractivity contribution >= 4 is 28.6 Å². The summed E-state index contributed by atoms with van der Waals surface area (Å²) in [5.41, 5.74) is 2.58. The number of halogens is 1. The third-order valence-electron chi connectivity index (χ3n) is 5.83. The summed E-state index contributed by atoms with van der Waals surface area (Å²) in [5.74, 6) is 1.74. The van der Waals surface area contributed by atoms with Gasteiger partial charge < -0.3 is 14.2 Å². The van der Waals surface area contributed by atoms with Crippen LogP contribution in [-0.4, -0.2) is 50.8 Å². The summed E-state index contributed by atoms with van der Waals surface area (Å²) < 4.78 is 7.51. The molecular weight excluding hydrogens is 388 g/mol. The minimum absolute atomic E-state index is 0.169. The zero-order chi connectivity index (χ0) is 20.2. The molecule has 0 saturated carbocycles. The molecule has 29 heavy (non-hydrogen) atoms. The van der Waals surface area contributed by atoms with E-state index >= 15 is 0 Å². The molecule has 2 saturated heterocycles. The number of nitrogens with zero attached hydrogens (tertiary/aromatic N) is 6. The van der Waals surface area contributed by atoms with Gasteiger partial charge in [0, 0.05) is 30.1 Å². The molecule has 3 aromatic heterocycles. The average Bonchev–Trinajstić information content (AvgIpc) is 3.27. The Labute approximate surface area is 175 Å². The molecule has 2 aliphatic rings. The van der Waals surface area contributed by atoms with Crippen molar-refractivity contribution in [2.45, 2.75) is 39.2 Å². The first kappa shape index (κ1) is 18.8. The van der Waals surface area contributed by atoms with E-state index in [9.17, 15) is 0 Å². The largest absolute Gasteiger partial charge is 0.380 e. The standard InChI is InChI=1S/C21H25ClN6O/c1-20(2,3)19-25-17(27-8-6-21(10-27)11-29-12-21)16-18(26-19)28(13-24-16)9-15-14(22)5-4-7-23-15/h4-5,7,13H,6,8-12H2,1-3H3. The molecule has 0 unspecified atom stereocenters. The van der Waals surface area contributed by atoms with Gasteiger partial charge in [-0.25, -0.2) is 15.0 Å². The van der Waals surface area contributed by atoms with Gasteiger partial charge in [0.15, 0.2) is 17.0 Å². The lowest BCUT2D eigenvalue weighted by molar-refractivity contribution is -0.0985. The molecule has 0 aromatic carbocycles. The van der Waals surface area contributed by atoms with E-state index in [-0.39, 0.29) is 10.8 Å². The van der Waals surface area contributed by atoms with E-state index in [1.807, 2.05) is 23.0 Å². The topological polar surface area (TPSA) is 69.0 Å². The zero-order valence-electron chi connectivity index (χ0n) is 17.0. The van der Waals surface area contributed by atoms with Crippen molar-refractivity contribution in [3.8, 4) is 0 Å². The lowest BCUT2D eigenvalue weighted by Gasteiger charge is -2.37. The van der Waals surface area contributed by atoms with E-state index in [2.05, 4.69) is 30.7 Å². The van der Waals surface area contributed by atoms with Crippen LogP contribution in [0.25, 0.3) is 11.2 Å².